The number of allylic oxidation sites excluding steroid dienone is 2. The zero-order valence-electron chi connectivity index (χ0n) is 18.6. The number of aliphatic hydroxyl groups excluding tert-OH is 1. The molecule has 176 valence electrons. The van der Waals surface area contributed by atoms with Gasteiger partial charge in [0.1, 0.15) is 17.6 Å². The lowest BCUT2D eigenvalue weighted by molar-refractivity contribution is -0.205. The molecule has 6 heteroatoms. The summed E-state index contributed by atoms with van der Waals surface area (Å²) >= 11 is 0. The molecule has 0 aliphatic heterocycles. The van der Waals surface area contributed by atoms with Gasteiger partial charge in [-0.2, -0.15) is 13.2 Å². The van der Waals surface area contributed by atoms with Crippen LogP contribution in [0.2, 0.25) is 0 Å². The lowest BCUT2D eigenvalue weighted by atomic mass is 9.47. The Balaban J connectivity index is 1.54. The predicted molar refractivity (Wildman–Crippen MR) is 116 cm³/mol. The zero-order chi connectivity index (χ0) is 23.1. The number of carbonyl (C=O) groups is 1. The molecule has 2 saturated carbocycles. The highest BCUT2D eigenvalue weighted by atomic mass is 19.4. The number of aromatic hydroxyl groups is 1. The van der Waals surface area contributed by atoms with Crippen molar-refractivity contribution in [3.05, 3.63) is 41.5 Å². The SMILES string of the molecule is C[C@]12CC[C@@H]3c4ccc(O)cc4CCC3(C=CCCCC[C@H](O)C(F)(F)F)[C@@H]1CCC2=O. The van der Waals surface area contributed by atoms with Crippen LogP contribution in [0, 0.1) is 16.7 Å². The second-order valence-corrected chi connectivity index (χ2v) is 10.3. The topological polar surface area (TPSA) is 57.5 Å². The largest absolute Gasteiger partial charge is 0.508 e. The van der Waals surface area contributed by atoms with Crippen LogP contribution in [0.1, 0.15) is 81.8 Å². The number of rotatable bonds is 6. The first-order valence-corrected chi connectivity index (χ1v) is 11.9. The number of phenolic OH excluding ortho intramolecular Hbond substituents is 1. The first-order chi connectivity index (χ1) is 15.1. The molecule has 1 unspecified atom stereocenters. The summed E-state index contributed by atoms with van der Waals surface area (Å²) < 4.78 is 37.5. The van der Waals surface area contributed by atoms with Crippen LogP contribution in [0.3, 0.4) is 0 Å². The molecule has 2 fully saturated rings. The predicted octanol–water partition coefficient (Wildman–Crippen LogP) is 6.23. The average Bonchev–Trinajstić information content (AvgIpc) is 3.04. The van der Waals surface area contributed by atoms with E-state index in [-0.39, 0.29) is 28.9 Å². The standard InChI is InChI=1S/C26H33F3O3/c1-24-14-12-20-19-8-7-18(30)16-17(19)11-15-25(20,21(24)9-10-22(24)31)13-5-3-2-4-6-23(32)26(27,28)29/h5,7-8,13,16,20-21,23,30,32H,2-4,6,9-12,14-15H2,1H3/t20-,21-,23+,24+,25?/m1/s1. The van der Waals surface area contributed by atoms with E-state index in [1.165, 1.54) is 11.1 Å². The lowest BCUT2D eigenvalue weighted by Crippen LogP contribution is -2.49. The number of benzene rings is 1. The van der Waals surface area contributed by atoms with Gasteiger partial charge in [-0.3, -0.25) is 4.79 Å². The fourth-order valence-electron chi connectivity index (χ4n) is 6.88. The lowest BCUT2D eigenvalue weighted by Gasteiger charge is -2.56. The van der Waals surface area contributed by atoms with Gasteiger partial charge in [-0.05, 0) is 91.9 Å². The number of carbonyl (C=O) groups excluding carboxylic acids is 1. The Morgan fingerprint density at radius 2 is 1.97 bits per heavy atom. The molecule has 0 spiro atoms. The van der Waals surface area contributed by atoms with Crippen LogP contribution in [-0.4, -0.2) is 28.3 Å². The van der Waals surface area contributed by atoms with Gasteiger partial charge in [0.15, 0.2) is 0 Å². The Morgan fingerprint density at radius 3 is 2.72 bits per heavy atom. The number of hydrogen-bond acceptors (Lipinski definition) is 3. The third-order valence-electron chi connectivity index (χ3n) is 8.55. The Bertz CT molecular complexity index is 893. The number of aliphatic hydroxyl groups is 1. The molecular weight excluding hydrogens is 417 g/mol. The van der Waals surface area contributed by atoms with Crippen molar-refractivity contribution < 1.29 is 28.2 Å². The van der Waals surface area contributed by atoms with Crippen LogP contribution < -0.4 is 0 Å². The maximum absolute atomic E-state index is 12.8. The van der Waals surface area contributed by atoms with Crippen LogP contribution in [0.15, 0.2) is 30.4 Å². The third kappa shape index (κ3) is 4.00. The summed E-state index contributed by atoms with van der Waals surface area (Å²) in [5, 5.41) is 19.1. The zero-order valence-corrected chi connectivity index (χ0v) is 18.6. The van der Waals surface area contributed by atoms with Crippen molar-refractivity contribution in [1.82, 2.24) is 0 Å². The Labute approximate surface area is 187 Å². The Kier molecular flexibility index (Phi) is 6.21. The number of alkyl halides is 3. The molecule has 0 heterocycles. The van der Waals surface area contributed by atoms with E-state index in [0.717, 1.165) is 32.1 Å². The van der Waals surface area contributed by atoms with Crippen molar-refractivity contribution in [2.24, 2.45) is 16.7 Å². The second kappa shape index (κ2) is 8.51. The number of Topliss-reactive ketones (excluding diaryl/α,β-unsaturated/α-hetero) is 1. The van der Waals surface area contributed by atoms with Crippen molar-refractivity contribution in [3.63, 3.8) is 0 Å². The summed E-state index contributed by atoms with van der Waals surface area (Å²) in [5.41, 5.74) is 2.03. The van der Waals surface area contributed by atoms with Gasteiger partial charge in [0, 0.05) is 11.8 Å². The van der Waals surface area contributed by atoms with Gasteiger partial charge in [-0.15, -0.1) is 0 Å². The van der Waals surface area contributed by atoms with Gasteiger partial charge in [-0.1, -0.05) is 31.6 Å². The molecule has 0 saturated heterocycles. The molecule has 4 rings (SSSR count). The fourth-order valence-corrected chi connectivity index (χ4v) is 6.88. The summed E-state index contributed by atoms with van der Waals surface area (Å²) in [6.07, 6.45) is 4.01. The molecule has 2 N–H and O–H groups in total. The van der Waals surface area contributed by atoms with Gasteiger partial charge in [0.25, 0.3) is 0 Å². The van der Waals surface area contributed by atoms with Crippen molar-refractivity contribution in [3.8, 4) is 5.75 Å². The molecule has 0 aromatic heterocycles. The van der Waals surface area contributed by atoms with Crippen LogP contribution >= 0.6 is 0 Å². The summed E-state index contributed by atoms with van der Waals surface area (Å²) in [6, 6.07) is 5.65. The van der Waals surface area contributed by atoms with Gasteiger partial charge in [0.05, 0.1) is 0 Å². The minimum absolute atomic E-state index is 0.130. The molecule has 1 aromatic rings. The number of fused-ring (bicyclic) bond motifs is 5. The van der Waals surface area contributed by atoms with Crippen LogP contribution in [0.25, 0.3) is 0 Å². The first kappa shape index (κ1) is 23.3. The van der Waals surface area contributed by atoms with E-state index in [2.05, 4.69) is 19.1 Å². The number of unbranched alkanes of at least 4 members (excludes halogenated alkanes) is 2. The number of hydrogen-bond donors (Lipinski definition) is 2. The van der Waals surface area contributed by atoms with Gasteiger partial charge in [-0.25, -0.2) is 0 Å². The molecule has 5 atom stereocenters. The molecule has 3 nitrogen and oxygen atoms in total. The number of phenols is 1. The van der Waals surface area contributed by atoms with Crippen molar-refractivity contribution in [2.45, 2.75) is 89.3 Å². The fraction of sp³-hybridized carbons (Fsp3) is 0.654. The molecule has 0 amide bonds. The average molecular weight is 451 g/mol. The quantitative estimate of drug-likeness (QED) is 0.399. The summed E-state index contributed by atoms with van der Waals surface area (Å²) in [4.78, 5) is 12.8. The van der Waals surface area contributed by atoms with E-state index >= 15 is 0 Å². The second-order valence-electron chi connectivity index (χ2n) is 10.3. The van der Waals surface area contributed by atoms with Gasteiger partial charge < -0.3 is 10.2 Å². The van der Waals surface area contributed by atoms with Crippen molar-refractivity contribution in [1.29, 1.82) is 0 Å². The summed E-state index contributed by atoms with van der Waals surface area (Å²) in [7, 11) is 0. The van der Waals surface area contributed by atoms with E-state index in [9.17, 15) is 28.2 Å². The molecule has 3 aliphatic carbocycles. The minimum Gasteiger partial charge on any atom is -0.508 e. The highest BCUT2D eigenvalue weighted by Crippen LogP contribution is 2.66. The van der Waals surface area contributed by atoms with Crippen molar-refractivity contribution in [2.75, 3.05) is 0 Å². The maximum atomic E-state index is 12.8. The van der Waals surface area contributed by atoms with Gasteiger partial charge in [0.2, 0.25) is 0 Å². The van der Waals surface area contributed by atoms with Crippen LogP contribution in [-0.2, 0) is 11.2 Å². The van der Waals surface area contributed by atoms with E-state index < -0.39 is 12.3 Å². The monoisotopic (exact) mass is 450 g/mol. The highest BCUT2D eigenvalue weighted by molar-refractivity contribution is 5.87. The van der Waals surface area contributed by atoms with Gasteiger partial charge >= 0.3 is 6.18 Å². The highest BCUT2D eigenvalue weighted by Gasteiger charge is 2.61. The molecule has 0 radical (unpaired) electrons. The number of ketones is 1. The van der Waals surface area contributed by atoms with E-state index in [4.69, 9.17) is 0 Å². The molecule has 32 heavy (non-hydrogen) atoms. The number of halogens is 3. The van der Waals surface area contributed by atoms with E-state index in [1.807, 2.05) is 12.1 Å². The molecule has 0 bridgehead atoms. The third-order valence-corrected chi connectivity index (χ3v) is 8.55. The van der Waals surface area contributed by atoms with E-state index in [0.29, 0.717) is 37.4 Å². The molecular formula is C26H33F3O3. The first-order valence-electron chi connectivity index (χ1n) is 11.9. The summed E-state index contributed by atoms with van der Waals surface area (Å²) in [5.74, 6) is 1.21. The Hall–Kier alpha value is -1.82. The molecule has 1 aromatic carbocycles. The summed E-state index contributed by atoms with van der Waals surface area (Å²) in [6.45, 7) is 2.13. The Morgan fingerprint density at radius 1 is 1.19 bits per heavy atom. The van der Waals surface area contributed by atoms with Crippen molar-refractivity contribution >= 4 is 5.78 Å². The van der Waals surface area contributed by atoms with Crippen LogP contribution in [0.5, 0.6) is 5.75 Å². The minimum atomic E-state index is -4.55. The van der Waals surface area contributed by atoms with Crippen LogP contribution in [0.4, 0.5) is 13.2 Å². The normalized spacial score (nSPS) is 33.1. The maximum Gasteiger partial charge on any atom is 0.414 e. The number of aryl methyl sites for hydroxylation is 1. The van der Waals surface area contributed by atoms with E-state index in [1.54, 1.807) is 6.07 Å². The molecule has 3 aliphatic rings. The smallest absolute Gasteiger partial charge is 0.414 e.